The smallest absolute Gasteiger partial charge is 0.270 e. The maximum absolute atomic E-state index is 12.9. The number of benzene rings is 1. The van der Waals surface area contributed by atoms with E-state index in [1.54, 1.807) is 28.9 Å². The van der Waals surface area contributed by atoms with Crippen molar-refractivity contribution in [3.05, 3.63) is 65.2 Å². The van der Waals surface area contributed by atoms with E-state index in [1.165, 1.54) is 0 Å². The maximum Gasteiger partial charge on any atom is 0.270 e. The molecule has 3 N–H and O–H groups in total. The van der Waals surface area contributed by atoms with Gasteiger partial charge >= 0.3 is 0 Å². The summed E-state index contributed by atoms with van der Waals surface area (Å²) in [4.78, 5) is 30.2. The molecule has 0 bridgehead atoms. The average molecular weight is 404 g/mol. The van der Waals surface area contributed by atoms with E-state index < -0.39 is 0 Å². The lowest BCUT2D eigenvalue weighted by molar-refractivity contribution is 0.0930. The van der Waals surface area contributed by atoms with Crippen LogP contribution in [0.25, 0.3) is 16.6 Å². The normalized spacial score (nSPS) is 11.3. The molecule has 2 amide bonds. The monoisotopic (exact) mass is 404 g/mol. The van der Waals surface area contributed by atoms with Gasteiger partial charge in [0.05, 0.1) is 23.0 Å². The SMILES string of the molecule is CCc1nc2c(C(=O)NCc3ccc4[nH]ncc4c3)cccn2c1C(=O)NC(C)C. The summed E-state index contributed by atoms with van der Waals surface area (Å²) >= 11 is 0. The summed E-state index contributed by atoms with van der Waals surface area (Å²) in [5, 5.41) is 13.8. The minimum atomic E-state index is -0.239. The Kier molecular flexibility index (Phi) is 5.22. The van der Waals surface area contributed by atoms with Crippen LogP contribution in [0, 0.1) is 0 Å². The first-order valence-electron chi connectivity index (χ1n) is 9.99. The molecule has 8 nitrogen and oxygen atoms in total. The van der Waals surface area contributed by atoms with Crippen LogP contribution < -0.4 is 10.6 Å². The number of hydrogen-bond donors (Lipinski definition) is 3. The highest BCUT2D eigenvalue weighted by Crippen LogP contribution is 2.18. The van der Waals surface area contributed by atoms with Crippen LogP contribution in [0.5, 0.6) is 0 Å². The maximum atomic E-state index is 12.9. The van der Waals surface area contributed by atoms with Gasteiger partial charge in [-0.3, -0.25) is 19.1 Å². The molecule has 1 aromatic carbocycles. The predicted molar refractivity (Wildman–Crippen MR) is 114 cm³/mol. The zero-order valence-electron chi connectivity index (χ0n) is 17.2. The number of fused-ring (bicyclic) bond motifs is 2. The van der Waals surface area contributed by atoms with E-state index in [9.17, 15) is 9.59 Å². The summed E-state index contributed by atoms with van der Waals surface area (Å²) in [6, 6.07) is 9.35. The number of aromatic amines is 1. The fourth-order valence-electron chi connectivity index (χ4n) is 3.49. The molecule has 0 atom stereocenters. The molecule has 0 spiro atoms. The Labute approximate surface area is 173 Å². The van der Waals surface area contributed by atoms with Crippen LogP contribution in [0.3, 0.4) is 0 Å². The minimum Gasteiger partial charge on any atom is -0.349 e. The Morgan fingerprint density at radius 1 is 1.20 bits per heavy atom. The second kappa shape index (κ2) is 7.98. The Morgan fingerprint density at radius 3 is 2.80 bits per heavy atom. The molecule has 0 unspecified atom stereocenters. The Bertz CT molecular complexity index is 1240. The van der Waals surface area contributed by atoms with Crippen LogP contribution in [0.1, 0.15) is 52.9 Å². The van der Waals surface area contributed by atoms with Crippen molar-refractivity contribution in [1.29, 1.82) is 0 Å². The molecule has 0 saturated heterocycles. The molecule has 0 aliphatic rings. The molecule has 8 heteroatoms. The van der Waals surface area contributed by atoms with Gasteiger partial charge in [-0.1, -0.05) is 13.0 Å². The van der Waals surface area contributed by atoms with Gasteiger partial charge in [0.1, 0.15) is 5.69 Å². The molecule has 4 aromatic rings. The minimum absolute atomic E-state index is 0.00630. The lowest BCUT2D eigenvalue weighted by atomic mass is 10.1. The van der Waals surface area contributed by atoms with Crippen molar-refractivity contribution in [2.24, 2.45) is 0 Å². The third-order valence-corrected chi connectivity index (χ3v) is 4.89. The zero-order valence-corrected chi connectivity index (χ0v) is 17.2. The number of imidazole rings is 1. The van der Waals surface area contributed by atoms with Crippen molar-refractivity contribution in [2.75, 3.05) is 0 Å². The van der Waals surface area contributed by atoms with Gasteiger partial charge in [0.2, 0.25) is 0 Å². The fourth-order valence-corrected chi connectivity index (χ4v) is 3.49. The van der Waals surface area contributed by atoms with E-state index in [1.807, 2.05) is 39.0 Å². The summed E-state index contributed by atoms with van der Waals surface area (Å²) < 4.78 is 1.70. The van der Waals surface area contributed by atoms with Crippen LogP contribution in [0.2, 0.25) is 0 Å². The molecule has 4 rings (SSSR count). The summed E-state index contributed by atoms with van der Waals surface area (Å²) in [5.41, 5.74) is 3.97. The molecule has 0 fully saturated rings. The zero-order chi connectivity index (χ0) is 21.3. The number of carbonyl (C=O) groups is 2. The third kappa shape index (κ3) is 3.63. The van der Waals surface area contributed by atoms with Crippen molar-refractivity contribution < 1.29 is 9.59 Å². The van der Waals surface area contributed by atoms with Crippen molar-refractivity contribution in [2.45, 2.75) is 39.8 Å². The number of aryl methyl sites for hydroxylation is 1. The molecular formula is C22H24N6O2. The number of aromatic nitrogens is 4. The van der Waals surface area contributed by atoms with Gasteiger partial charge in [0.25, 0.3) is 11.8 Å². The van der Waals surface area contributed by atoms with Crippen LogP contribution >= 0.6 is 0 Å². The molecule has 0 aliphatic carbocycles. The fraction of sp³-hybridized carbons (Fsp3) is 0.273. The molecule has 154 valence electrons. The molecule has 30 heavy (non-hydrogen) atoms. The highest BCUT2D eigenvalue weighted by atomic mass is 16.2. The van der Waals surface area contributed by atoms with Crippen LogP contribution in [0.15, 0.2) is 42.7 Å². The van der Waals surface area contributed by atoms with Crippen LogP contribution in [-0.2, 0) is 13.0 Å². The van der Waals surface area contributed by atoms with Crippen molar-refractivity contribution >= 4 is 28.4 Å². The Hall–Kier alpha value is -3.68. The lowest BCUT2D eigenvalue weighted by Crippen LogP contribution is -2.31. The van der Waals surface area contributed by atoms with Gasteiger partial charge in [0, 0.05) is 24.2 Å². The van der Waals surface area contributed by atoms with Gasteiger partial charge in [-0.15, -0.1) is 0 Å². The molecule has 0 saturated carbocycles. The molecular weight excluding hydrogens is 380 g/mol. The number of amides is 2. The summed E-state index contributed by atoms with van der Waals surface area (Å²) in [6.45, 7) is 6.14. The van der Waals surface area contributed by atoms with Crippen LogP contribution in [-0.4, -0.2) is 37.4 Å². The van der Waals surface area contributed by atoms with E-state index in [2.05, 4.69) is 25.8 Å². The standard InChI is InChI=1S/C22H24N6O2/c1-4-17-19(22(30)25-13(2)3)28-9-5-6-16(20(28)26-17)21(29)23-11-14-7-8-18-15(10-14)12-24-27-18/h5-10,12-13H,4,11H2,1-3H3,(H,23,29)(H,24,27)(H,25,30). The first-order valence-corrected chi connectivity index (χ1v) is 9.99. The topological polar surface area (TPSA) is 104 Å². The number of nitrogens with one attached hydrogen (secondary N) is 3. The van der Waals surface area contributed by atoms with Gasteiger partial charge in [-0.2, -0.15) is 5.10 Å². The molecule has 0 radical (unpaired) electrons. The van der Waals surface area contributed by atoms with Gasteiger partial charge < -0.3 is 10.6 Å². The van der Waals surface area contributed by atoms with Gasteiger partial charge in [-0.25, -0.2) is 4.98 Å². The quantitative estimate of drug-likeness (QED) is 0.460. The number of carbonyl (C=O) groups excluding carboxylic acids is 2. The van der Waals surface area contributed by atoms with Crippen molar-refractivity contribution in [1.82, 2.24) is 30.2 Å². The largest absolute Gasteiger partial charge is 0.349 e. The highest BCUT2D eigenvalue weighted by molar-refractivity contribution is 6.01. The Morgan fingerprint density at radius 2 is 2.03 bits per heavy atom. The number of nitrogens with zero attached hydrogens (tertiary/aromatic N) is 3. The van der Waals surface area contributed by atoms with E-state index in [4.69, 9.17) is 0 Å². The van der Waals surface area contributed by atoms with E-state index >= 15 is 0 Å². The molecule has 3 aromatic heterocycles. The van der Waals surface area contributed by atoms with Crippen LogP contribution in [0.4, 0.5) is 0 Å². The predicted octanol–water partition coefficient (Wildman–Crippen LogP) is 2.84. The third-order valence-electron chi connectivity index (χ3n) is 4.89. The second-order valence-corrected chi connectivity index (χ2v) is 7.48. The van der Waals surface area contributed by atoms with E-state index in [0.29, 0.717) is 35.6 Å². The summed E-state index contributed by atoms with van der Waals surface area (Å²) in [7, 11) is 0. The highest BCUT2D eigenvalue weighted by Gasteiger charge is 2.22. The lowest BCUT2D eigenvalue weighted by Gasteiger charge is -2.10. The van der Waals surface area contributed by atoms with E-state index in [0.717, 1.165) is 16.5 Å². The summed E-state index contributed by atoms with van der Waals surface area (Å²) in [5.74, 6) is -0.434. The molecule has 0 aliphatic heterocycles. The summed E-state index contributed by atoms with van der Waals surface area (Å²) in [6.07, 6.45) is 4.11. The number of hydrogen-bond acceptors (Lipinski definition) is 4. The number of pyridine rings is 1. The van der Waals surface area contributed by atoms with Gasteiger partial charge in [0.15, 0.2) is 5.65 Å². The number of rotatable bonds is 6. The average Bonchev–Trinajstić information content (AvgIpc) is 3.34. The van der Waals surface area contributed by atoms with Crippen molar-refractivity contribution in [3.63, 3.8) is 0 Å². The Balaban J connectivity index is 1.62. The first kappa shape index (κ1) is 19.6. The first-order chi connectivity index (χ1) is 14.5. The second-order valence-electron chi connectivity index (χ2n) is 7.48. The van der Waals surface area contributed by atoms with E-state index in [-0.39, 0.29) is 17.9 Å². The van der Waals surface area contributed by atoms with Crippen molar-refractivity contribution in [3.8, 4) is 0 Å². The number of H-pyrrole nitrogens is 1. The molecule has 3 heterocycles. The van der Waals surface area contributed by atoms with Gasteiger partial charge in [-0.05, 0) is 50.1 Å².